The van der Waals surface area contributed by atoms with Gasteiger partial charge in [-0.25, -0.2) is 4.98 Å². The number of nitrogen functional groups attached to an aromatic ring is 1. The van der Waals surface area contributed by atoms with Crippen LogP contribution in [0, 0.1) is 6.92 Å². The van der Waals surface area contributed by atoms with E-state index in [1.165, 1.54) is 23.3 Å². The molecule has 1 atom stereocenters. The van der Waals surface area contributed by atoms with Gasteiger partial charge in [-0.1, -0.05) is 24.8 Å². The molecular weight excluding hydrogens is 304 g/mol. The summed E-state index contributed by atoms with van der Waals surface area (Å²) < 4.78 is 5.04. The molecule has 1 amide bonds. The summed E-state index contributed by atoms with van der Waals surface area (Å²) in [5.74, 6) is 0.753. The Morgan fingerprint density at radius 2 is 2.29 bits per heavy atom. The van der Waals surface area contributed by atoms with Crippen molar-refractivity contribution < 1.29 is 4.79 Å². The quantitative estimate of drug-likeness (QED) is 0.653. The number of nitrogens with one attached hydrogen (secondary N) is 1. The van der Waals surface area contributed by atoms with Crippen LogP contribution in [0.5, 0.6) is 0 Å². The summed E-state index contributed by atoms with van der Waals surface area (Å²) in [7, 11) is 0. The van der Waals surface area contributed by atoms with Crippen molar-refractivity contribution >= 4 is 40.6 Å². The van der Waals surface area contributed by atoms with E-state index in [0.29, 0.717) is 5.69 Å². The Labute approximate surface area is 132 Å². The number of anilines is 2. The highest BCUT2D eigenvalue weighted by Gasteiger charge is 2.17. The van der Waals surface area contributed by atoms with Gasteiger partial charge in [0.2, 0.25) is 5.91 Å². The van der Waals surface area contributed by atoms with Gasteiger partial charge in [-0.05, 0) is 43.1 Å². The van der Waals surface area contributed by atoms with E-state index in [1.54, 1.807) is 6.07 Å². The number of benzene rings is 1. The van der Waals surface area contributed by atoms with Crippen LogP contribution in [0.1, 0.15) is 25.2 Å². The molecule has 3 N–H and O–H groups in total. The van der Waals surface area contributed by atoms with Gasteiger partial charge in [0.15, 0.2) is 4.34 Å². The van der Waals surface area contributed by atoms with Crippen molar-refractivity contribution in [1.82, 2.24) is 9.36 Å². The minimum Gasteiger partial charge on any atom is -0.399 e. The van der Waals surface area contributed by atoms with Gasteiger partial charge in [-0.15, -0.1) is 0 Å². The fourth-order valence-electron chi connectivity index (χ4n) is 1.64. The number of hydrogen-bond donors (Lipinski definition) is 2. The Balaban J connectivity index is 2.00. The smallest absolute Gasteiger partial charge is 0.237 e. The van der Waals surface area contributed by atoms with Gasteiger partial charge in [0, 0.05) is 17.8 Å². The van der Waals surface area contributed by atoms with Gasteiger partial charge >= 0.3 is 0 Å². The van der Waals surface area contributed by atoms with E-state index in [9.17, 15) is 4.79 Å². The highest BCUT2D eigenvalue weighted by Crippen LogP contribution is 2.26. The lowest BCUT2D eigenvalue weighted by atomic mass is 10.2. The van der Waals surface area contributed by atoms with Gasteiger partial charge in [0.25, 0.3) is 0 Å². The first-order valence-electron chi connectivity index (χ1n) is 6.65. The number of aryl methyl sites for hydroxylation is 2. The Morgan fingerprint density at radius 1 is 1.52 bits per heavy atom. The van der Waals surface area contributed by atoms with Gasteiger partial charge in [0.05, 0.1) is 5.25 Å². The SMILES string of the molecule is CCc1nsc(SC(C)C(=O)Nc2cc(N)ccc2C)n1. The predicted molar refractivity (Wildman–Crippen MR) is 88.8 cm³/mol. The monoisotopic (exact) mass is 322 g/mol. The molecule has 21 heavy (non-hydrogen) atoms. The van der Waals surface area contributed by atoms with Crippen LogP contribution in [0.4, 0.5) is 11.4 Å². The molecule has 1 aromatic carbocycles. The molecule has 0 aliphatic rings. The molecule has 0 aliphatic carbocycles. The van der Waals surface area contributed by atoms with Crippen molar-refractivity contribution in [3.63, 3.8) is 0 Å². The molecule has 7 heteroatoms. The number of amides is 1. The van der Waals surface area contributed by atoms with Crippen molar-refractivity contribution in [3.8, 4) is 0 Å². The second-order valence-electron chi connectivity index (χ2n) is 4.65. The van der Waals surface area contributed by atoms with Crippen molar-refractivity contribution in [2.24, 2.45) is 0 Å². The summed E-state index contributed by atoms with van der Waals surface area (Å²) >= 11 is 2.75. The Hall–Kier alpha value is -1.60. The summed E-state index contributed by atoms with van der Waals surface area (Å²) in [6.07, 6.45) is 0.806. The van der Waals surface area contributed by atoms with Crippen molar-refractivity contribution in [2.75, 3.05) is 11.1 Å². The normalized spacial score (nSPS) is 12.1. The lowest BCUT2D eigenvalue weighted by molar-refractivity contribution is -0.115. The van der Waals surface area contributed by atoms with E-state index in [1.807, 2.05) is 32.9 Å². The van der Waals surface area contributed by atoms with E-state index in [0.717, 1.165) is 27.8 Å². The first kappa shape index (κ1) is 15.8. The summed E-state index contributed by atoms with van der Waals surface area (Å²) in [4.78, 5) is 16.6. The Morgan fingerprint density at radius 3 is 2.95 bits per heavy atom. The summed E-state index contributed by atoms with van der Waals surface area (Å²) in [6, 6.07) is 5.47. The lowest BCUT2D eigenvalue weighted by Crippen LogP contribution is -2.22. The zero-order valence-electron chi connectivity index (χ0n) is 12.2. The molecule has 0 saturated heterocycles. The topological polar surface area (TPSA) is 80.9 Å². The van der Waals surface area contributed by atoms with Crippen LogP contribution in [0.3, 0.4) is 0 Å². The molecule has 112 valence electrons. The molecule has 5 nitrogen and oxygen atoms in total. The number of nitrogens with zero attached hydrogens (tertiary/aromatic N) is 2. The minimum absolute atomic E-state index is 0.0676. The molecule has 0 radical (unpaired) electrons. The third-order valence-corrected chi connectivity index (χ3v) is 4.85. The first-order chi connectivity index (χ1) is 9.99. The average molecular weight is 322 g/mol. The molecular formula is C14H18N4OS2. The molecule has 0 saturated carbocycles. The maximum Gasteiger partial charge on any atom is 0.237 e. The van der Waals surface area contributed by atoms with E-state index >= 15 is 0 Å². The van der Waals surface area contributed by atoms with E-state index in [-0.39, 0.29) is 11.2 Å². The molecule has 2 aromatic rings. The third-order valence-electron chi connectivity index (χ3n) is 2.93. The zero-order valence-corrected chi connectivity index (χ0v) is 13.8. The van der Waals surface area contributed by atoms with Crippen LogP contribution in [-0.2, 0) is 11.2 Å². The van der Waals surface area contributed by atoms with Crippen LogP contribution >= 0.6 is 23.3 Å². The van der Waals surface area contributed by atoms with Crippen LogP contribution in [0.2, 0.25) is 0 Å². The maximum absolute atomic E-state index is 12.2. The second kappa shape index (κ2) is 6.91. The molecule has 0 fully saturated rings. The second-order valence-corrected chi connectivity index (χ2v) is 6.99. The van der Waals surface area contributed by atoms with E-state index in [2.05, 4.69) is 14.7 Å². The van der Waals surface area contributed by atoms with Crippen molar-refractivity contribution in [3.05, 3.63) is 29.6 Å². The molecule has 1 aromatic heterocycles. The van der Waals surface area contributed by atoms with Gasteiger partial charge in [0.1, 0.15) is 5.82 Å². The van der Waals surface area contributed by atoms with Crippen LogP contribution < -0.4 is 11.1 Å². The Bertz CT molecular complexity index is 642. The van der Waals surface area contributed by atoms with Crippen molar-refractivity contribution in [2.45, 2.75) is 36.8 Å². The molecule has 1 unspecified atom stereocenters. The molecule has 0 bridgehead atoms. The van der Waals surface area contributed by atoms with Crippen LogP contribution in [0.25, 0.3) is 0 Å². The molecule has 2 rings (SSSR count). The van der Waals surface area contributed by atoms with E-state index in [4.69, 9.17) is 5.73 Å². The molecule has 0 aliphatic heterocycles. The fraction of sp³-hybridized carbons (Fsp3) is 0.357. The zero-order chi connectivity index (χ0) is 15.4. The lowest BCUT2D eigenvalue weighted by Gasteiger charge is -2.12. The van der Waals surface area contributed by atoms with Crippen molar-refractivity contribution in [1.29, 1.82) is 0 Å². The average Bonchev–Trinajstić information content (AvgIpc) is 2.90. The third kappa shape index (κ3) is 4.18. The molecule has 1 heterocycles. The molecule has 0 spiro atoms. The van der Waals surface area contributed by atoms with Gasteiger partial charge < -0.3 is 11.1 Å². The number of thioether (sulfide) groups is 1. The van der Waals surface area contributed by atoms with Gasteiger partial charge in [-0.3, -0.25) is 4.79 Å². The number of nitrogens with two attached hydrogens (primary N) is 1. The number of carbonyl (C=O) groups is 1. The van der Waals surface area contributed by atoms with Gasteiger partial charge in [-0.2, -0.15) is 4.37 Å². The van der Waals surface area contributed by atoms with E-state index < -0.39 is 0 Å². The number of carbonyl (C=O) groups excluding carboxylic acids is 1. The van der Waals surface area contributed by atoms with Crippen LogP contribution in [0.15, 0.2) is 22.5 Å². The Kier molecular flexibility index (Phi) is 5.19. The summed E-state index contributed by atoms with van der Waals surface area (Å²) in [5.41, 5.74) is 8.11. The maximum atomic E-state index is 12.2. The standard InChI is InChI=1S/C14H18N4OS2/c1-4-12-17-14(21-18-12)20-9(3)13(19)16-11-7-10(15)6-5-8(11)2/h5-7,9H,4,15H2,1-3H3,(H,16,19). The number of aromatic nitrogens is 2. The number of hydrogen-bond acceptors (Lipinski definition) is 6. The predicted octanol–water partition coefficient (Wildman–Crippen LogP) is 3.11. The number of rotatable bonds is 5. The fourth-order valence-corrected chi connectivity index (χ4v) is 3.49. The summed E-state index contributed by atoms with van der Waals surface area (Å²) in [5, 5.41) is 2.66. The largest absolute Gasteiger partial charge is 0.399 e. The highest BCUT2D eigenvalue weighted by molar-refractivity contribution is 8.02. The summed E-state index contributed by atoms with van der Waals surface area (Å²) in [6.45, 7) is 5.80. The highest BCUT2D eigenvalue weighted by atomic mass is 32.2. The first-order valence-corrected chi connectivity index (χ1v) is 8.31. The minimum atomic E-state index is -0.247. The van der Waals surface area contributed by atoms with Crippen LogP contribution in [-0.4, -0.2) is 20.5 Å².